The Bertz CT molecular complexity index is 1300. The lowest BCUT2D eigenvalue weighted by Gasteiger charge is -2.31. The first-order valence-corrected chi connectivity index (χ1v) is 11.0. The zero-order chi connectivity index (χ0) is 26.0. The maximum absolute atomic E-state index is 14.2. The summed E-state index contributed by atoms with van der Waals surface area (Å²) in [5.74, 6) is -2.08. The van der Waals surface area contributed by atoms with Crippen LogP contribution in [0.1, 0.15) is 43.7 Å². The molecule has 2 aromatic carbocycles. The van der Waals surface area contributed by atoms with Gasteiger partial charge in [-0.05, 0) is 48.9 Å². The number of rotatable bonds is 8. The largest absolute Gasteiger partial charge is 0.496 e. The number of aliphatic imine (C=N–C) groups is 1. The van der Waals surface area contributed by atoms with E-state index in [1.54, 1.807) is 13.8 Å². The van der Waals surface area contributed by atoms with Crippen molar-refractivity contribution in [2.24, 2.45) is 4.99 Å². The average molecular weight is 496 g/mol. The molecule has 0 aliphatic heterocycles. The van der Waals surface area contributed by atoms with Gasteiger partial charge in [0.25, 0.3) is 0 Å². The highest BCUT2D eigenvalue weighted by molar-refractivity contribution is 5.92. The van der Waals surface area contributed by atoms with Gasteiger partial charge < -0.3 is 14.8 Å². The van der Waals surface area contributed by atoms with Gasteiger partial charge in [-0.3, -0.25) is 9.79 Å². The van der Waals surface area contributed by atoms with E-state index in [-0.39, 0.29) is 40.7 Å². The van der Waals surface area contributed by atoms with Gasteiger partial charge in [0.05, 0.1) is 18.3 Å². The lowest BCUT2D eigenvalue weighted by Crippen LogP contribution is -2.47. The van der Waals surface area contributed by atoms with E-state index in [1.807, 2.05) is 0 Å². The molecule has 10 heteroatoms. The Kier molecular flexibility index (Phi) is 7.64. The van der Waals surface area contributed by atoms with E-state index < -0.39 is 41.3 Å². The number of benzene rings is 2. The van der Waals surface area contributed by atoms with Gasteiger partial charge in [-0.2, -0.15) is 13.2 Å². The fourth-order valence-electron chi connectivity index (χ4n) is 4.10. The summed E-state index contributed by atoms with van der Waals surface area (Å²) < 4.78 is 75.9. The van der Waals surface area contributed by atoms with Gasteiger partial charge in [0.1, 0.15) is 17.4 Å². The van der Waals surface area contributed by atoms with E-state index in [9.17, 15) is 31.9 Å². The number of nitrogens with zero attached hydrogens (tertiary/aromatic N) is 1. The molecule has 1 aromatic heterocycles. The molecule has 0 amide bonds. The Balaban J connectivity index is 2.08. The molecule has 3 aromatic rings. The molecule has 0 saturated heterocycles. The first-order valence-electron chi connectivity index (χ1n) is 11.0. The highest BCUT2D eigenvalue weighted by atomic mass is 19.4. The summed E-state index contributed by atoms with van der Waals surface area (Å²) >= 11 is 0. The number of aromatic amines is 1. The molecule has 0 bridgehead atoms. The second-order valence-electron chi connectivity index (χ2n) is 8.20. The minimum Gasteiger partial charge on any atom is -0.496 e. The second kappa shape index (κ2) is 10.2. The third-order valence-corrected chi connectivity index (χ3v) is 5.97. The molecular weight excluding hydrogens is 471 g/mol. The molecule has 3 rings (SSSR count). The molecule has 35 heavy (non-hydrogen) atoms. The number of ether oxygens (including phenoxy) is 1. The summed E-state index contributed by atoms with van der Waals surface area (Å²) in [5, 5.41) is 11.0. The molecule has 0 saturated carbocycles. The third-order valence-electron chi connectivity index (χ3n) is 5.97. The van der Waals surface area contributed by atoms with Crippen molar-refractivity contribution in [1.29, 1.82) is 0 Å². The van der Waals surface area contributed by atoms with Crippen LogP contribution in [0.15, 0.2) is 46.2 Å². The van der Waals surface area contributed by atoms with Crippen LogP contribution >= 0.6 is 0 Å². The fourth-order valence-corrected chi connectivity index (χ4v) is 4.10. The summed E-state index contributed by atoms with van der Waals surface area (Å²) in [6, 6.07) is 6.88. The van der Waals surface area contributed by atoms with E-state index in [2.05, 4.69) is 9.98 Å². The molecule has 0 spiro atoms. The number of halogens is 5. The van der Waals surface area contributed by atoms with Gasteiger partial charge in [-0.15, -0.1) is 0 Å². The predicted octanol–water partition coefficient (Wildman–Crippen LogP) is 5.96. The van der Waals surface area contributed by atoms with Crippen LogP contribution in [-0.2, 0) is 6.42 Å². The molecule has 188 valence electrons. The monoisotopic (exact) mass is 496 g/mol. The summed E-state index contributed by atoms with van der Waals surface area (Å²) in [5.41, 5.74) is -3.49. The molecular formula is C25H25F5N2O3. The Morgan fingerprint density at radius 2 is 1.86 bits per heavy atom. The Morgan fingerprint density at radius 3 is 2.46 bits per heavy atom. The minimum absolute atomic E-state index is 0.0507. The van der Waals surface area contributed by atoms with Crippen molar-refractivity contribution in [2.75, 3.05) is 7.11 Å². The topological polar surface area (TPSA) is 74.7 Å². The molecule has 0 aliphatic rings. The summed E-state index contributed by atoms with van der Waals surface area (Å²) in [6.45, 7) is 3.34. The predicted molar refractivity (Wildman–Crippen MR) is 124 cm³/mol. The highest BCUT2D eigenvalue weighted by Crippen LogP contribution is 2.42. The fraction of sp³-hybridized carbons (Fsp3) is 0.360. The van der Waals surface area contributed by atoms with Crippen molar-refractivity contribution >= 4 is 22.8 Å². The maximum atomic E-state index is 14.2. The summed E-state index contributed by atoms with van der Waals surface area (Å²) in [4.78, 5) is 17.7. The van der Waals surface area contributed by atoms with Gasteiger partial charge in [0, 0.05) is 29.3 Å². The lowest BCUT2D eigenvalue weighted by molar-refractivity contribution is -0.232. The SMILES string of the molecule is CCc1c(F)ccc(C(CC)C[C@@](O)(C=Nc2cc(F)cc3[nH]c(=O)ccc23)C(F)(F)F)c1OC. The first-order chi connectivity index (χ1) is 16.4. The van der Waals surface area contributed by atoms with E-state index in [4.69, 9.17) is 4.74 Å². The molecule has 0 radical (unpaired) electrons. The lowest BCUT2D eigenvalue weighted by atomic mass is 9.83. The van der Waals surface area contributed by atoms with Gasteiger partial charge in [-0.1, -0.05) is 19.9 Å². The zero-order valence-electron chi connectivity index (χ0n) is 19.3. The molecule has 0 fully saturated rings. The number of hydrogen-bond donors (Lipinski definition) is 2. The van der Waals surface area contributed by atoms with Crippen LogP contribution in [-0.4, -0.2) is 35.2 Å². The number of fused-ring (bicyclic) bond motifs is 1. The van der Waals surface area contributed by atoms with Gasteiger partial charge >= 0.3 is 6.18 Å². The van der Waals surface area contributed by atoms with Crippen LogP contribution in [0.4, 0.5) is 27.6 Å². The van der Waals surface area contributed by atoms with Gasteiger partial charge in [0.15, 0.2) is 5.60 Å². The Labute approximate surface area is 198 Å². The number of alkyl halides is 3. The number of nitrogens with one attached hydrogen (secondary N) is 1. The smallest absolute Gasteiger partial charge is 0.422 e. The quantitative estimate of drug-likeness (QED) is 0.299. The highest BCUT2D eigenvalue weighted by Gasteiger charge is 2.53. The Morgan fingerprint density at radius 1 is 1.14 bits per heavy atom. The van der Waals surface area contributed by atoms with Gasteiger partial charge in [0.2, 0.25) is 5.56 Å². The van der Waals surface area contributed by atoms with Crippen LogP contribution < -0.4 is 10.3 Å². The van der Waals surface area contributed by atoms with Crippen molar-refractivity contribution in [2.45, 2.75) is 50.8 Å². The van der Waals surface area contributed by atoms with Crippen molar-refractivity contribution in [3.05, 3.63) is 69.5 Å². The summed E-state index contributed by atoms with van der Waals surface area (Å²) in [7, 11) is 1.31. The molecule has 0 aliphatic carbocycles. The van der Waals surface area contributed by atoms with Crippen LogP contribution in [0.3, 0.4) is 0 Å². The average Bonchev–Trinajstić information content (AvgIpc) is 2.79. The van der Waals surface area contributed by atoms with Crippen LogP contribution in [0, 0.1) is 11.6 Å². The Hall–Kier alpha value is -3.27. The van der Waals surface area contributed by atoms with E-state index in [1.165, 1.54) is 25.3 Å². The number of methoxy groups -OCH3 is 1. The van der Waals surface area contributed by atoms with E-state index in [0.29, 0.717) is 11.8 Å². The third kappa shape index (κ3) is 5.37. The second-order valence-corrected chi connectivity index (χ2v) is 8.20. The van der Waals surface area contributed by atoms with Crippen molar-refractivity contribution < 1.29 is 31.8 Å². The molecule has 1 heterocycles. The maximum Gasteiger partial charge on any atom is 0.422 e. The van der Waals surface area contributed by atoms with E-state index in [0.717, 1.165) is 18.2 Å². The molecule has 5 nitrogen and oxygen atoms in total. The number of H-pyrrole nitrogens is 1. The molecule has 2 N–H and O–H groups in total. The van der Waals surface area contributed by atoms with Crippen molar-refractivity contribution in [1.82, 2.24) is 4.98 Å². The molecule has 1 unspecified atom stereocenters. The van der Waals surface area contributed by atoms with Crippen LogP contribution in [0.5, 0.6) is 5.75 Å². The number of aliphatic hydroxyl groups is 1. The molecule has 2 atom stereocenters. The summed E-state index contributed by atoms with van der Waals surface area (Å²) in [6.07, 6.45) is -5.17. The minimum atomic E-state index is -5.12. The van der Waals surface area contributed by atoms with E-state index >= 15 is 0 Å². The van der Waals surface area contributed by atoms with Crippen LogP contribution in [0.2, 0.25) is 0 Å². The first kappa shape index (κ1) is 26.3. The van der Waals surface area contributed by atoms with Crippen molar-refractivity contribution in [3.63, 3.8) is 0 Å². The number of aromatic nitrogens is 1. The standard InChI is InChI=1S/C25H25F5N2O3/c1-4-14(17-6-8-19(27)16(5-2)23(17)35-3)12-24(34,25(28,29)30)13-31-20-10-15(26)11-21-18(20)7-9-22(33)32-21/h6-11,13-14,34H,4-5,12H2,1-3H3,(H,32,33)/t14?,24-/m1/s1. The normalized spacial score (nSPS) is 14.9. The van der Waals surface area contributed by atoms with Gasteiger partial charge in [-0.25, -0.2) is 8.78 Å². The van der Waals surface area contributed by atoms with Crippen molar-refractivity contribution in [3.8, 4) is 5.75 Å². The zero-order valence-corrected chi connectivity index (χ0v) is 19.3. The number of hydrogen-bond acceptors (Lipinski definition) is 4. The van der Waals surface area contributed by atoms with Crippen LogP contribution in [0.25, 0.3) is 10.9 Å². The number of pyridine rings is 1.